The molecule has 1 rings (SSSR count). The fourth-order valence-corrected chi connectivity index (χ4v) is 2.08. The van der Waals surface area contributed by atoms with E-state index in [2.05, 4.69) is 10.2 Å². The Morgan fingerprint density at radius 1 is 1.33 bits per heavy atom. The van der Waals surface area contributed by atoms with E-state index in [9.17, 15) is 4.79 Å². The van der Waals surface area contributed by atoms with Crippen LogP contribution in [0.2, 0.25) is 0 Å². The molecule has 0 spiro atoms. The van der Waals surface area contributed by atoms with E-state index in [1.165, 1.54) is 0 Å². The largest absolute Gasteiger partial charge is 0.395 e. The van der Waals surface area contributed by atoms with E-state index in [0.717, 1.165) is 24.3 Å². The van der Waals surface area contributed by atoms with E-state index in [-0.39, 0.29) is 18.4 Å². The van der Waals surface area contributed by atoms with Crippen LogP contribution in [-0.4, -0.2) is 36.8 Å². The monoisotopic (exact) mass is 293 g/mol. The van der Waals surface area contributed by atoms with Crippen LogP contribution in [0.25, 0.3) is 0 Å². The van der Waals surface area contributed by atoms with E-state index in [1.807, 2.05) is 45.0 Å². The van der Waals surface area contributed by atoms with Gasteiger partial charge in [0.25, 0.3) is 0 Å². The van der Waals surface area contributed by atoms with Crippen molar-refractivity contribution in [1.29, 1.82) is 0 Å². The molecule has 1 aromatic rings. The molecule has 0 aliphatic carbocycles. The maximum atomic E-state index is 12.0. The van der Waals surface area contributed by atoms with Gasteiger partial charge in [0, 0.05) is 24.5 Å². The van der Waals surface area contributed by atoms with Crippen molar-refractivity contribution in [3.05, 3.63) is 24.3 Å². The zero-order valence-electron chi connectivity index (χ0n) is 13.2. The summed E-state index contributed by atoms with van der Waals surface area (Å²) in [7, 11) is 0. The Hall–Kier alpha value is -1.59. The molecule has 1 unspecified atom stereocenters. The molecule has 0 heterocycles. The van der Waals surface area contributed by atoms with Gasteiger partial charge < -0.3 is 21.1 Å². The Morgan fingerprint density at radius 3 is 2.43 bits per heavy atom. The van der Waals surface area contributed by atoms with Gasteiger partial charge in [-0.3, -0.25) is 4.79 Å². The smallest absolute Gasteiger partial charge is 0.241 e. The molecule has 5 nitrogen and oxygen atoms in total. The number of carbonyl (C=O) groups is 1. The number of aliphatic hydroxyl groups is 1. The van der Waals surface area contributed by atoms with Gasteiger partial charge in [-0.1, -0.05) is 20.3 Å². The standard InChI is InChI=1S/C16H27N3O2/c1-4-12(3)15(17)16(21)18-13-6-8-14(9-7-13)19(5-2)10-11-20/h6-9,12,15,20H,4-5,10-11,17H2,1-3H3,(H,18,21)/t12?,15-/m0/s1. The maximum Gasteiger partial charge on any atom is 0.241 e. The number of aliphatic hydroxyl groups excluding tert-OH is 1. The van der Waals surface area contributed by atoms with Crippen molar-refractivity contribution >= 4 is 17.3 Å². The summed E-state index contributed by atoms with van der Waals surface area (Å²) in [6.45, 7) is 7.58. The molecule has 4 N–H and O–H groups in total. The van der Waals surface area contributed by atoms with Gasteiger partial charge in [0.15, 0.2) is 0 Å². The van der Waals surface area contributed by atoms with Crippen molar-refractivity contribution in [2.75, 3.05) is 29.9 Å². The third-order valence-electron chi connectivity index (χ3n) is 3.81. The van der Waals surface area contributed by atoms with Crippen LogP contribution in [0.3, 0.4) is 0 Å². The third-order valence-corrected chi connectivity index (χ3v) is 3.81. The number of hydrogen-bond donors (Lipinski definition) is 3. The Labute approximate surface area is 127 Å². The fraction of sp³-hybridized carbons (Fsp3) is 0.562. The van der Waals surface area contributed by atoms with E-state index < -0.39 is 6.04 Å². The summed E-state index contributed by atoms with van der Waals surface area (Å²) in [5.41, 5.74) is 7.67. The minimum absolute atomic E-state index is 0.121. The lowest BCUT2D eigenvalue weighted by atomic mass is 9.99. The SMILES string of the molecule is CCC(C)[C@H](N)C(=O)Nc1ccc(N(CC)CCO)cc1. The molecular weight excluding hydrogens is 266 g/mol. The normalized spacial score (nSPS) is 13.6. The average molecular weight is 293 g/mol. The highest BCUT2D eigenvalue weighted by Crippen LogP contribution is 2.18. The number of carbonyl (C=O) groups excluding carboxylic acids is 1. The Kier molecular flexibility index (Phi) is 7.19. The Balaban J connectivity index is 2.68. The molecule has 2 atom stereocenters. The van der Waals surface area contributed by atoms with Crippen LogP contribution in [-0.2, 0) is 4.79 Å². The molecule has 21 heavy (non-hydrogen) atoms. The van der Waals surface area contributed by atoms with Gasteiger partial charge in [-0.25, -0.2) is 0 Å². The maximum absolute atomic E-state index is 12.0. The first-order valence-corrected chi connectivity index (χ1v) is 7.55. The predicted molar refractivity (Wildman–Crippen MR) is 87.5 cm³/mol. The van der Waals surface area contributed by atoms with Crippen molar-refractivity contribution in [1.82, 2.24) is 0 Å². The van der Waals surface area contributed by atoms with Gasteiger partial charge in [0.05, 0.1) is 12.6 Å². The van der Waals surface area contributed by atoms with Crippen LogP contribution >= 0.6 is 0 Å². The predicted octanol–water partition coefficient (Wildman–Crippen LogP) is 1.82. The highest BCUT2D eigenvalue weighted by atomic mass is 16.3. The van der Waals surface area contributed by atoms with Gasteiger partial charge in [0.1, 0.15) is 0 Å². The van der Waals surface area contributed by atoms with Crippen LogP contribution in [0.5, 0.6) is 0 Å². The van der Waals surface area contributed by atoms with Crippen molar-refractivity contribution in [3.63, 3.8) is 0 Å². The van der Waals surface area contributed by atoms with E-state index in [0.29, 0.717) is 6.54 Å². The zero-order chi connectivity index (χ0) is 15.8. The number of benzene rings is 1. The zero-order valence-corrected chi connectivity index (χ0v) is 13.2. The number of nitrogens with one attached hydrogen (secondary N) is 1. The first kappa shape index (κ1) is 17.5. The average Bonchev–Trinajstić information content (AvgIpc) is 2.51. The molecule has 0 fully saturated rings. The van der Waals surface area contributed by atoms with E-state index in [4.69, 9.17) is 10.8 Å². The second kappa shape index (κ2) is 8.64. The molecule has 0 aromatic heterocycles. The first-order chi connectivity index (χ1) is 10.0. The summed E-state index contributed by atoms with van der Waals surface area (Å²) < 4.78 is 0. The summed E-state index contributed by atoms with van der Waals surface area (Å²) in [6.07, 6.45) is 0.875. The van der Waals surface area contributed by atoms with Crippen molar-refractivity contribution in [2.45, 2.75) is 33.2 Å². The topological polar surface area (TPSA) is 78.6 Å². The molecule has 0 aliphatic heterocycles. The summed E-state index contributed by atoms with van der Waals surface area (Å²) in [5, 5.41) is 11.9. The number of likely N-dealkylation sites (N-methyl/N-ethyl adjacent to an activating group) is 1. The van der Waals surface area contributed by atoms with Crippen LogP contribution in [0.1, 0.15) is 27.2 Å². The minimum Gasteiger partial charge on any atom is -0.395 e. The van der Waals surface area contributed by atoms with Crippen LogP contribution in [0.15, 0.2) is 24.3 Å². The molecule has 0 saturated carbocycles. The lowest BCUT2D eigenvalue weighted by Gasteiger charge is -2.22. The second-order valence-corrected chi connectivity index (χ2v) is 5.25. The quantitative estimate of drug-likeness (QED) is 0.683. The summed E-state index contributed by atoms with van der Waals surface area (Å²) in [6, 6.07) is 7.09. The fourth-order valence-electron chi connectivity index (χ4n) is 2.08. The van der Waals surface area contributed by atoms with Crippen molar-refractivity contribution in [3.8, 4) is 0 Å². The molecule has 1 amide bonds. The third kappa shape index (κ3) is 5.02. The number of amides is 1. The van der Waals surface area contributed by atoms with E-state index in [1.54, 1.807) is 0 Å². The van der Waals surface area contributed by atoms with E-state index >= 15 is 0 Å². The lowest BCUT2D eigenvalue weighted by molar-refractivity contribution is -0.118. The highest BCUT2D eigenvalue weighted by molar-refractivity contribution is 5.95. The number of nitrogens with two attached hydrogens (primary N) is 1. The molecule has 0 bridgehead atoms. The molecular formula is C16H27N3O2. The number of rotatable bonds is 8. The van der Waals surface area contributed by atoms with Gasteiger partial charge in [0.2, 0.25) is 5.91 Å². The molecule has 0 radical (unpaired) electrons. The molecule has 0 aliphatic rings. The van der Waals surface area contributed by atoms with Crippen LogP contribution in [0, 0.1) is 5.92 Å². The Bertz CT molecular complexity index is 434. The van der Waals surface area contributed by atoms with Gasteiger partial charge in [-0.05, 0) is 37.1 Å². The van der Waals surface area contributed by atoms with Crippen LogP contribution < -0.4 is 16.0 Å². The second-order valence-electron chi connectivity index (χ2n) is 5.25. The summed E-state index contributed by atoms with van der Waals surface area (Å²) >= 11 is 0. The van der Waals surface area contributed by atoms with Crippen molar-refractivity contribution < 1.29 is 9.90 Å². The molecule has 1 aromatic carbocycles. The Morgan fingerprint density at radius 2 is 1.95 bits per heavy atom. The van der Waals surface area contributed by atoms with Crippen molar-refractivity contribution in [2.24, 2.45) is 11.7 Å². The molecule has 118 valence electrons. The number of hydrogen-bond acceptors (Lipinski definition) is 4. The molecule has 0 saturated heterocycles. The minimum atomic E-state index is -0.490. The summed E-state index contributed by atoms with van der Waals surface area (Å²) in [5.74, 6) is 0.00390. The summed E-state index contributed by atoms with van der Waals surface area (Å²) in [4.78, 5) is 14.1. The number of anilines is 2. The van der Waals surface area contributed by atoms with Gasteiger partial charge in [-0.15, -0.1) is 0 Å². The first-order valence-electron chi connectivity index (χ1n) is 7.55. The van der Waals surface area contributed by atoms with Gasteiger partial charge in [-0.2, -0.15) is 0 Å². The van der Waals surface area contributed by atoms with Gasteiger partial charge >= 0.3 is 0 Å². The highest BCUT2D eigenvalue weighted by Gasteiger charge is 2.19. The molecule has 5 heteroatoms. The lowest BCUT2D eigenvalue weighted by Crippen LogP contribution is -2.40. The number of nitrogens with zero attached hydrogens (tertiary/aromatic N) is 1. The van der Waals surface area contributed by atoms with Crippen LogP contribution in [0.4, 0.5) is 11.4 Å².